The topological polar surface area (TPSA) is 95.9 Å². The SMILES string of the molecule is CC(C)=CCCC(C)=CCCC(C)=CCCC=C(C)CCC=C(C)CCC(=O)OCC(=O)NCc1ccc(O)c(O)c1. The third-order valence-corrected chi connectivity index (χ3v) is 6.92. The Morgan fingerprint density at radius 1 is 0.667 bits per heavy atom. The van der Waals surface area contributed by atoms with E-state index in [1.807, 2.05) is 6.92 Å². The molecule has 0 atom stereocenters. The largest absolute Gasteiger partial charge is 0.504 e. The van der Waals surface area contributed by atoms with Crippen molar-refractivity contribution >= 4 is 11.9 Å². The Morgan fingerprint density at radius 2 is 1.17 bits per heavy atom. The van der Waals surface area contributed by atoms with Gasteiger partial charge in [-0.1, -0.05) is 64.3 Å². The van der Waals surface area contributed by atoms with Gasteiger partial charge in [-0.25, -0.2) is 0 Å². The standard InChI is InChI=1S/C36H53NO5/c1-27(2)12-9-15-30(5)18-10-16-28(3)13-7-8-14-29(4)17-11-19-31(6)20-23-36(41)42-26-35(40)37-25-32-21-22-33(38)34(39)24-32/h12-14,18-19,21-22,24,38-39H,7-11,15-17,20,23,25-26H2,1-6H3,(H,37,40). The number of nitrogens with one attached hydrogen (secondary N) is 1. The number of aromatic hydroxyl groups is 2. The number of benzene rings is 1. The zero-order valence-corrected chi connectivity index (χ0v) is 26.7. The van der Waals surface area contributed by atoms with E-state index in [0.717, 1.165) is 56.9 Å². The Bertz CT molecular complexity index is 1150. The number of carbonyl (C=O) groups is 2. The second-order valence-corrected chi connectivity index (χ2v) is 11.4. The quantitative estimate of drug-likeness (QED) is 0.0658. The highest BCUT2D eigenvalue weighted by Crippen LogP contribution is 2.24. The first-order valence-corrected chi connectivity index (χ1v) is 15.1. The van der Waals surface area contributed by atoms with Crippen molar-refractivity contribution in [3.05, 3.63) is 82.0 Å². The fraction of sp³-hybridized carbons (Fsp3) is 0.500. The van der Waals surface area contributed by atoms with Gasteiger partial charge in [-0.3, -0.25) is 9.59 Å². The van der Waals surface area contributed by atoms with Gasteiger partial charge in [-0.05, 0) is 117 Å². The first-order valence-electron chi connectivity index (χ1n) is 15.1. The van der Waals surface area contributed by atoms with Gasteiger partial charge in [0.25, 0.3) is 5.91 Å². The molecule has 0 aliphatic heterocycles. The number of ether oxygens (including phenoxy) is 1. The van der Waals surface area contributed by atoms with E-state index in [1.165, 1.54) is 34.4 Å². The number of allylic oxidation sites excluding steroid dienone is 10. The molecule has 0 saturated heterocycles. The van der Waals surface area contributed by atoms with Gasteiger partial charge in [-0.2, -0.15) is 0 Å². The van der Waals surface area contributed by atoms with Crippen LogP contribution < -0.4 is 5.32 Å². The van der Waals surface area contributed by atoms with Crippen LogP contribution in [-0.2, 0) is 20.9 Å². The maximum absolute atomic E-state index is 12.0. The van der Waals surface area contributed by atoms with Crippen LogP contribution >= 0.6 is 0 Å². The molecule has 0 aromatic heterocycles. The fourth-order valence-electron chi connectivity index (χ4n) is 4.20. The minimum Gasteiger partial charge on any atom is -0.504 e. The van der Waals surface area contributed by atoms with Crippen molar-refractivity contribution in [3.8, 4) is 11.5 Å². The molecule has 0 heterocycles. The number of phenolic OH excluding ortho intramolecular Hbond substituents is 2. The van der Waals surface area contributed by atoms with Gasteiger partial charge < -0.3 is 20.3 Å². The molecule has 42 heavy (non-hydrogen) atoms. The van der Waals surface area contributed by atoms with Crippen molar-refractivity contribution in [1.29, 1.82) is 0 Å². The molecule has 1 aromatic carbocycles. The molecule has 1 aromatic rings. The number of hydrogen-bond acceptors (Lipinski definition) is 5. The maximum Gasteiger partial charge on any atom is 0.306 e. The molecule has 1 rings (SSSR count). The monoisotopic (exact) mass is 579 g/mol. The normalized spacial score (nSPS) is 12.7. The third-order valence-electron chi connectivity index (χ3n) is 6.92. The van der Waals surface area contributed by atoms with Gasteiger partial charge in [0.05, 0.1) is 0 Å². The predicted molar refractivity (Wildman–Crippen MR) is 173 cm³/mol. The minimum absolute atomic E-state index is 0.158. The van der Waals surface area contributed by atoms with Crippen molar-refractivity contribution in [3.63, 3.8) is 0 Å². The molecule has 0 unspecified atom stereocenters. The Balaban J connectivity index is 2.20. The van der Waals surface area contributed by atoms with E-state index in [2.05, 4.69) is 70.3 Å². The van der Waals surface area contributed by atoms with E-state index < -0.39 is 11.9 Å². The van der Waals surface area contributed by atoms with Crippen molar-refractivity contribution in [2.24, 2.45) is 0 Å². The highest BCUT2D eigenvalue weighted by molar-refractivity contribution is 5.80. The Labute approximate surface area is 254 Å². The van der Waals surface area contributed by atoms with Crippen LogP contribution in [0, 0.1) is 0 Å². The second-order valence-electron chi connectivity index (χ2n) is 11.4. The molecule has 6 nitrogen and oxygen atoms in total. The molecule has 0 aliphatic carbocycles. The molecule has 0 saturated carbocycles. The summed E-state index contributed by atoms with van der Waals surface area (Å²) in [6, 6.07) is 4.30. The smallest absolute Gasteiger partial charge is 0.306 e. The van der Waals surface area contributed by atoms with Crippen LogP contribution in [-0.4, -0.2) is 28.7 Å². The van der Waals surface area contributed by atoms with E-state index in [9.17, 15) is 19.8 Å². The Morgan fingerprint density at radius 3 is 1.69 bits per heavy atom. The van der Waals surface area contributed by atoms with Gasteiger partial charge in [0, 0.05) is 13.0 Å². The van der Waals surface area contributed by atoms with Crippen LogP contribution in [0.15, 0.2) is 76.4 Å². The fourth-order valence-corrected chi connectivity index (χ4v) is 4.20. The van der Waals surface area contributed by atoms with Gasteiger partial charge in [0.1, 0.15) is 0 Å². The first kappa shape index (κ1) is 36.5. The summed E-state index contributed by atoms with van der Waals surface area (Å²) in [6.07, 6.45) is 21.0. The number of carbonyl (C=O) groups excluding carboxylic acids is 2. The lowest BCUT2D eigenvalue weighted by Gasteiger charge is -2.08. The zero-order valence-electron chi connectivity index (χ0n) is 26.7. The lowest BCUT2D eigenvalue weighted by atomic mass is 10.0. The van der Waals surface area contributed by atoms with Crippen molar-refractivity contribution < 1.29 is 24.5 Å². The summed E-state index contributed by atoms with van der Waals surface area (Å²) in [5, 5.41) is 21.5. The summed E-state index contributed by atoms with van der Waals surface area (Å²) in [5.41, 5.74) is 7.47. The molecule has 0 radical (unpaired) electrons. The molecule has 0 fully saturated rings. The number of hydrogen-bond donors (Lipinski definition) is 3. The summed E-state index contributed by atoms with van der Waals surface area (Å²) in [6.45, 7) is 12.8. The van der Waals surface area contributed by atoms with Gasteiger partial charge in [0.15, 0.2) is 18.1 Å². The molecule has 0 spiro atoms. The van der Waals surface area contributed by atoms with Crippen molar-refractivity contribution in [2.45, 2.75) is 112 Å². The zero-order chi connectivity index (χ0) is 31.3. The van der Waals surface area contributed by atoms with Crippen molar-refractivity contribution in [2.75, 3.05) is 6.61 Å². The summed E-state index contributed by atoms with van der Waals surface area (Å²) < 4.78 is 5.07. The minimum atomic E-state index is -0.426. The van der Waals surface area contributed by atoms with Gasteiger partial charge in [0.2, 0.25) is 0 Å². The molecular formula is C36H53NO5. The average molecular weight is 580 g/mol. The molecule has 0 bridgehead atoms. The summed E-state index contributed by atoms with van der Waals surface area (Å²) >= 11 is 0. The number of rotatable bonds is 19. The van der Waals surface area contributed by atoms with E-state index in [-0.39, 0.29) is 31.1 Å². The second kappa shape index (κ2) is 21.2. The van der Waals surface area contributed by atoms with E-state index >= 15 is 0 Å². The lowest BCUT2D eigenvalue weighted by molar-refractivity contribution is -0.148. The van der Waals surface area contributed by atoms with Gasteiger partial charge >= 0.3 is 5.97 Å². The maximum atomic E-state index is 12.0. The van der Waals surface area contributed by atoms with Gasteiger partial charge in [-0.15, -0.1) is 0 Å². The highest BCUT2D eigenvalue weighted by atomic mass is 16.5. The molecule has 6 heteroatoms. The molecule has 1 amide bonds. The molecule has 0 aliphatic rings. The Kier molecular flexibility index (Phi) is 18.4. The van der Waals surface area contributed by atoms with Crippen LogP contribution in [0.5, 0.6) is 11.5 Å². The average Bonchev–Trinajstić information content (AvgIpc) is 2.93. The highest BCUT2D eigenvalue weighted by Gasteiger charge is 2.08. The van der Waals surface area contributed by atoms with E-state index in [0.29, 0.717) is 12.0 Å². The summed E-state index contributed by atoms with van der Waals surface area (Å²) in [4.78, 5) is 24.0. The van der Waals surface area contributed by atoms with E-state index in [1.54, 1.807) is 6.07 Å². The van der Waals surface area contributed by atoms with Crippen LogP contribution in [0.3, 0.4) is 0 Å². The molecule has 3 N–H and O–H groups in total. The number of amides is 1. The molecular weight excluding hydrogens is 526 g/mol. The number of esters is 1. The lowest BCUT2D eigenvalue weighted by Crippen LogP contribution is -2.28. The predicted octanol–water partition coefficient (Wildman–Crippen LogP) is 8.91. The van der Waals surface area contributed by atoms with Crippen LogP contribution in [0.4, 0.5) is 0 Å². The summed E-state index contributed by atoms with van der Waals surface area (Å²) in [5.74, 6) is -1.31. The molecule has 232 valence electrons. The van der Waals surface area contributed by atoms with Crippen LogP contribution in [0.25, 0.3) is 0 Å². The van der Waals surface area contributed by atoms with Crippen molar-refractivity contribution in [1.82, 2.24) is 5.32 Å². The summed E-state index contributed by atoms with van der Waals surface area (Å²) in [7, 11) is 0. The number of phenols is 2. The van der Waals surface area contributed by atoms with Crippen LogP contribution in [0.2, 0.25) is 0 Å². The first-order chi connectivity index (χ1) is 20.0. The Hall–Kier alpha value is -3.54. The van der Waals surface area contributed by atoms with E-state index in [4.69, 9.17) is 4.74 Å². The third kappa shape index (κ3) is 18.7. The van der Waals surface area contributed by atoms with Crippen LogP contribution in [0.1, 0.15) is 111 Å². The number of unbranched alkanes of at least 4 members (excludes halogenated alkanes) is 1.